The molecule has 10 nitrogen and oxygen atoms in total. The van der Waals surface area contributed by atoms with Crippen molar-refractivity contribution in [3.8, 4) is 22.3 Å². The van der Waals surface area contributed by atoms with Gasteiger partial charge in [-0.3, -0.25) is 19.3 Å². The lowest BCUT2D eigenvalue weighted by Gasteiger charge is -2.29. The van der Waals surface area contributed by atoms with Crippen LogP contribution < -0.4 is 10.6 Å². The molecule has 0 saturated carbocycles. The Bertz CT molecular complexity index is 1850. The molecule has 0 radical (unpaired) electrons. The third-order valence-corrected chi connectivity index (χ3v) is 8.33. The molecule has 0 aromatic heterocycles. The molecule has 4 aromatic rings. The highest BCUT2D eigenvalue weighted by molar-refractivity contribution is 5.89. The highest BCUT2D eigenvalue weighted by atomic mass is 19.4. The summed E-state index contributed by atoms with van der Waals surface area (Å²) in [5.74, 6) is -5.41. The van der Waals surface area contributed by atoms with Gasteiger partial charge in [0.1, 0.15) is 0 Å². The van der Waals surface area contributed by atoms with Gasteiger partial charge in [0, 0.05) is 13.0 Å². The maximum Gasteiger partial charge on any atom is 0.491 e. The van der Waals surface area contributed by atoms with Crippen molar-refractivity contribution in [2.45, 2.75) is 37.5 Å². The molecule has 0 spiro atoms. The summed E-state index contributed by atoms with van der Waals surface area (Å²) >= 11 is 0. The van der Waals surface area contributed by atoms with Crippen molar-refractivity contribution in [3.05, 3.63) is 120 Å². The van der Waals surface area contributed by atoms with Gasteiger partial charge in [0.15, 0.2) is 0 Å². The zero-order chi connectivity index (χ0) is 36.5. The van der Waals surface area contributed by atoms with Crippen molar-refractivity contribution in [2.75, 3.05) is 20.2 Å². The number of halogens is 3. The zero-order valence-electron chi connectivity index (χ0n) is 27.4. The highest BCUT2D eigenvalue weighted by Gasteiger charge is 2.42. The van der Waals surface area contributed by atoms with E-state index in [4.69, 9.17) is 4.74 Å². The van der Waals surface area contributed by atoms with Crippen LogP contribution in [0.2, 0.25) is 0 Å². The van der Waals surface area contributed by atoms with Gasteiger partial charge in [-0.05, 0) is 45.4 Å². The van der Waals surface area contributed by atoms with E-state index in [1.165, 1.54) is 7.11 Å². The third kappa shape index (κ3) is 8.98. The van der Waals surface area contributed by atoms with Gasteiger partial charge in [-0.15, -0.1) is 0 Å². The van der Waals surface area contributed by atoms with Gasteiger partial charge in [0.25, 0.3) is 0 Å². The molecule has 264 valence electrons. The summed E-state index contributed by atoms with van der Waals surface area (Å²) in [7, 11) is 1.28. The molecule has 3 amide bonds. The van der Waals surface area contributed by atoms with Gasteiger partial charge in [0.05, 0.1) is 32.2 Å². The summed E-state index contributed by atoms with van der Waals surface area (Å²) in [6.45, 7) is -0.350. The van der Waals surface area contributed by atoms with Crippen LogP contribution in [-0.4, -0.2) is 61.1 Å². The number of nitrogens with zero attached hydrogens (tertiary/aromatic N) is 1. The largest absolute Gasteiger partial charge is 0.491 e. The first-order chi connectivity index (χ1) is 24.5. The molecule has 0 fully saturated rings. The lowest BCUT2D eigenvalue weighted by Crippen LogP contribution is -2.40. The Morgan fingerprint density at radius 2 is 1.33 bits per heavy atom. The molecular weight excluding hydrogens is 667 g/mol. The fourth-order valence-electron chi connectivity index (χ4n) is 5.99. The Labute approximate surface area is 291 Å². The molecule has 0 saturated heterocycles. The number of hydrogen-bond acceptors (Lipinski definition) is 7. The molecular formula is C38H34F3N3O7. The average Bonchev–Trinajstić information content (AvgIpc) is 3.46. The normalized spacial score (nSPS) is 12.5. The van der Waals surface area contributed by atoms with Crippen LogP contribution in [0.4, 0.5) is 18.0 Å². The first kappa shape index (κ1) is 36.3. The highest BCUT2D eigenvalue weighted by Crippen LogP contribution is 2.46. The number of ether oxygens (including phenoxy) is 2. The monoisotopic (exact) mass is 701 g/mol. The van der Waals surface area contributed by atoms with Crippen LogP contribution in [0.5, 0.6) is 0 Å². The van der Waals surface area contributed by atoms with E-state index in [1.807, 2.05) is 78.9 Å². The number of esters is 2. The quantitative estimate of drug-likeness (QED) is 0.132. The predicted octanol–water partition coefficient (Wildman–Crippen LogP) is 6.27. The van der Waals surface area contributed by atoms with E-state index >= 15 is 0 Å². The molecule has 1 aliphatic rings. The van der Waals surface area contributed by atoms with Crippen molar-refractivity contribution >= 4 is 29.8 Å². The van der Waals surface area contributed by atoms with Crippen molar-refractivity contribution in [3.63, 3.8) is 0 Å². The van der Waals surface area contributed by atoms with Gasteiger partial charge >= 0.3 is 24.2 Å². The number of alkyl halides is 3. The first-order valence-electron chi connectivity index (χ1n) is 16.0. The van der Waals surface area contributed by atoms with Gasteiger partial charge in [-0.1, -0.05) is 103 Å². The summed E-state index contributed by atoms with van der Waals surface area (Å²) < 4.78 is 47.1. The number of fused-ring (bicyclic) bond motifs is 3. The summed E-state index contributed by atoms with van der Waals surface area (Å²) in [4.78, 5) is 63.7. The number of hydrogen-bond donors (Lipinski definition) is 2. The number of carbonyl (C=O) groups is 5. The van der Waals surface area contributed by atoms with Crippen molar-refractivity contribution < 1.29 is 46.6 Å². The SMILES string of the molecule is COC(=O)N(CCCC(=O)NCC(=O)NC(CC(=O)OC(=O)C(F)(F)F)c1ccc(-c2ccccc2)cc1)C1c2ccccc2-c2ccccc21. The third-order valence-electron chi connectivity index (χ3n) is 8.33. The summed E-state index contributed by atoms with van der Waals surface area (Å²) in [5, 5.41) is 5.02. The van der Waals surface area contributed by atoms with E-state index in [0.717, 1.165) is 33.4 Å². The number of methoxy groups -OCH3 is 1. The van der Waals surface area contributed by atoms with Crippen LogP contribution in [0.3, 0.4) is 0 Å². The molecule has 1 unspecified atom stereocenters. The molecule has 1 aliphatic carbocycles. The van der Waals surface area contributed by atoms with Crippen LogP contribution in [0, 0.1) is 0 Å². The van der Waals surface area contributed by atoms with E-state index in [-0.39, 0.29) is 19.4 Å². The van der Waals surface area contributed by atoms with Crippen LogP contribution in [0.25, 0.3) is 22.3 Å². The second kappa shape index (κ2) is 16.2. The van der Waals surface area contributed by atoms with E-state index < -0.39 is 61.1 Å². The van der Waals surface area contributed by atoms with Crippen molar-refractivity contribution in [1.29, 1.82) is 0 Å². The number of amides is 3. The number of carbonyl (C=O) groups excluding carboxylic acids is 5. The lowest BCUT2D eigenvalue weighted by atomic mass is 9.99. The minimum Gasteiger partial charge on any atom is -0.453 e. The van der Waals surface area contributed by atoms with Crippen LogP contribution >= 0.6 is 0 Å². The Hall–Kier alpha value is -5.98. The summed E-state index contributed by atoms with van der Waals surface area (Å²) in [6, 6.07) is 29.7. The fraction of sp³-hybridized carbons (Fsp3) is 0.237. The molecule has 51 heavy (non-hydrogen) atoms. The zero-order valence-corrected chi connectivity index (χ0v) is 27.4. The predicted molar refractivity (Wildman–Crippen MR) is 180 cm³/mol. The van der Waals surface area contributed by atoms with E-state index in [1.54, 1.807) is 29.2 Å². The molecule has 2 N–H and O–H groups in total. The average molecular weight is 702 g/mol. The second-order valence-corrected chi connectivity index (χ2v) is 11.7. The van der Waals surface area contributed by atoms with Gasteiger partial charge in [-0.25, -0.2) is 9.59 Å². The number of nitrogens with one attached hydrogen (secondary N) is 2. The van der Waals surface area contributed by atoms with Gasteiger partial charge in [0.2, 0.25) is 11.8 Å². The molecule has 0 aliphatic heterocycles. The number of benzene rings is 4. The topological polar surface area (TPSA) is 131 Å². The Morgan fingerprint density at radius 3 is 1.92 bits per heavy atom. The van der Waals surface area contributed by atoms with Crippen LogP contribution in [-0.2, 0) is 28.7 Å². The van der Waals surface area contributed by atoms with Crippen LogP contribution in [0.1, 0.15) is 48.0 Å². The summed E-state index contributed by atoms with van der Waals surface area (Å²) in [6.07, 6.45) is -6.55. The van der Waals surface area contributed by atoms with Crippen LogP contribution in [0.15, 0.2) is 103 Å². The molecule has 13 heteroatoms. The molecule has 5 rings (SSSR count). The van der Waals surface area contributed by atoms with E-state index in [9.17, 15) is 37.1 Å². The van der Waals surface area contributed by atoms with E-state index in [2.05, 4.69) is 15.4 Å². The fourth-order valence-corrected chi connectivity index (χ4v) is 5.99. The van der Waals surface area contributed by atoms with Crippen molar-refractivity contribution in [1.82, 2.24) is 15.5 Å². The molecule has 0 heterocycles. The van der Waals surface area contributed by atoms with Gasteiger partial charge in [-0.2, -0.15) is 13.2 Å². The summed E-state index contributed by atoms with van der Waals surface area (Å²) in [5.41, 5.74) is 5.91. The van der Waals surface area contributed by atoms with Crippen molar-refractivity contribution in [2.24, 2.45) is 0 Å². The minimum absolute atomic E-state index is 0.0486. The standard InChI is InChI=1S/C38H34F3N3O7/c1-50-37(49)44(35-29-14-7-5-12-27(29)28-13-6-8-15-30(28)35)21-9-16-32(45)42-23-33(46)43-31(22-34(47)51-36(48)38(39,40)41)26-19-17-25(18-20-26)24-10-3-2-4-11-24/h2-8,10-15,17-20,31,35H,9,16,21-23H2,1H3,(H,42,45)(H,43,46). The second-order valence-electron chi connectivity index (χ2n) is 11.7. The first-order valence-corrected chi connectivity index (χ1v) is 16.0. The Kier molecular flexibility index (Phi) is 11.5. The minimum atomic E-state index is -5.38. The maximum absolute atomic E-state index is 12.9. The van der Waals surface area contributed by atoms with Gasteiger partial charge < -0.3 is 20.1 Å². The molecule has 0 bridgehead atoms. The van der Waals surface area contributed by atoms with E-state index in [0.29, 0.717) is 5.56 Å². The number of rotatable bonds is 12. The molecule has 1 atom stereocenters. The molecule has 4 aromatic carbocycles. The Morgan fingerprint density at radius 1 is 0.765 bits per heavy atom. The smallest absolute Gasteiger partial charge is 0.453 e. The Balaban J connectivity index is 1.19. The maximum atomic E-state index is 12.9. The lowest BCUT2D eigenvalue weighted by molar-refractivity contribution is -0.202.